The first-order valence-electron chi connectivity index (χ1n) is 14.1. The van der Waals surface area contributed by atoms with Crippen LogP contribution < -0.4 is 4.74 Å². The lowest BCUT2D eigenvalue weighted by atomic mass is 9.68. The van der Waals surface area contributed by atoms with E-state index in [4.69, 9.17) is 4.74 Å². The molecule has 1 aromatic rings. The third-order valence-electron chi connectivity index (χ3n) is 8.71. The first-order chi connectivity index (χ1) is 18.6. The summed E-state index contributed by atoms with van der Waals surface area (Å²) in [5.74, 6) is -17.6. The molecule has 2 aliphatic rings. The van der Waals surface area contributed by atoms with Crippen LogP contribution in [0.5, 0.6) is 5.75 Å². The van der Waals surface area contributed by atoms with Crippen LogP contribution in [0.3, 0.4) is 0 Å². The average Bonchev–Trinajstić information content (AvgIpc) is 2.91. The fourth-order valence-corrected chi connectivity index (χ4v) is 6.06. The molecule has 0 amide bonds. The van der Waals surface area contributed by atoms with Gasteiger partial charge in [0.25, 0.3) is 0 Å². The highest BCUT2D eigenvalue weighted by Gasteiger charge is 2.81. The van der Waals surface area contributed by atoms with Gasteiger partial charge in [-0.1, -0.05) is 51.2 Å². The van der Waals surface area contributed by atoms with E-state index in [1.807, 2.05) is 0 Å². The second-order valence-corrected chi connectivity index (χ2v) is 11.5. The molecule has 1 aromatic carbocycles. The van der Waals surface area contributed by atoms with Crippen LogP contribution in [0.4, 0.5) is 39.5 Å². The summed E-state index contributed by atoms with van der Waals surface area (Å²) in [5, 5.41) is 0. The summed E-state index contributed by atoms with van der Waals surface area (Å²) in [6.07, 6.45) is 2.54. The zero-order valence-electron chi connectivity index (χ0n) is 22.5. The van der Waals surface area contributed by atoms with Crippen LogP contribution in [-0.4, -0.2) is 29.9 Å². The summed E-state index contributed by atoms with van der Waals surface area (Å²) >= 11 is 0. The molecule has 0 unspecified atom stereocenters. The molecule has 2 nitrogen and oxygen atoms in total. The molecular weight excluding hydrogens is 551 g/mol. The van der Waals surface area contributed by atoms with Gasteiger partial charge >= 0.3 is 29.9 Å². The molecule has 0 aliphatic heterocycles. The largest absolute Gasteiger partial charge is 0.460 e. The highest BCUT2D eigenvalue weighted by Crippen LogP contribution is 2.54. The van der Waals surface area contributed by atoms with Crippen LogP contribution in [0, 0.1) is 23.7 Å². The fourth-order valence-electron chi connectivity index (χ4n) is 6.06. The van der Waals surface area contributed by atoms with Crippen molar-refractivity contribution >= 4 is 5.97 Å². The molecule has 2 fully saturated rings. The molecule has 3 rings (SSSR count). The number of carbonyl (C=O) groups is 1. The van der Waals surface area contributed by atoms with Crippen molar-refractivity contribution in [2.24, 2.45) is 23.7 Å². The topological polar surface area (TPSA) is 26.3 Å². The number of hydrogen-bond donors (Lipinski definition) is 0. The highest BCUT2D eigenvalue weighted by atomic mass is 19.4. The predicted molar refractivity (Wildman–Crippen MR) is 132 cm³/mol. The van der Waals surface area contributed by atoms with E-state index < -0.39 is 42.8 Å². The fraction of sp³-hybridized carbons (Fsp3) is 0.759. The van der Waals surface area contributed by atoms with Crippen molar-refractivity contribution in [1.82, 2.24) is 0 Å². The van der Waals surface area contributed by atoms with E-state index in [1.165, 1.54) is 69.2 Å². The summed E-state index contributed by atoms with van der Waals surface area (Å²) < 4.78 is 123. The van der Waals surface area contributed by atoms with Gasteiger partial charge in [0.1, 0.15) is 5.75 Å². The van der Waals surface area contributed by atoms with Gasteiger partial charge in [0.15, 0.2) is 0 Å². The molecule has 0 saturated heterocycles. The number of alkyl halides is 9. The number of benzene rings is 1. The number of esters is 1. The van der Waals surface area contributed by atoms with Crippen LogP contribution >= 0.6 is 0 Å². The Kier molecular flexibility index (Phi) is 10.5. The van der Waals surface area contributed by atoms with Crippen molar-refractivity contribution in [3.63, 3.8) is 0 Å². The van der Waals surface area contributed by atoms with Gasteiger partial charge in [-0.05, 0) is 80.4 Å². The van der Waals surface area contributed by atoms with E-state index in [9.17, 15) is 44.3 Å². The van der Waals surface area contributed by atoms with Gasteiger partial charge in [-0.25, -0.2) is 0 Å². The zero-order valence-corrected chi connectivity index (χ0v) is 22.5. The van der Waals surface area contributed by atoms with Crippen molar-refractivity contribution in [2.75, 3.05) is 0 Å². The smallest absolute Gasteiger partial charge is 0.426 e. The molecule has 2 aliphatic carbocycles. The maximum absolute atomic E-state index is 13.8. The molecule has 2 saturated carbocycles. The first kappa shape index (κ1) is 32.6. The molecule has 0 N–H and O–H groups in total. The van der Waals surface area contributed by atoms with Crippen LogP contribution in [0.1, 0.15) is 89.5 Å². The second kappa shape index (κ2) is 12.9. The molecule has 0 aromatic heterocycles. The minimum absolute atomic E-state index is 0.0180. The van der Waals surface area contributed by atoms with Crippen molar-refractivity contribution in [1.29, 1.82) is 0 Å². The first-order valence-corrected chi connectivity index (χ1v) is 14.1. The standard InChI is InChI=1S/C29H37F9O2/c1-2-3-4-19-5-9-21(10-6-19)22-11-13-23(14-12-22)25(39)40-24-15-7-20(8-16-24)17-18-26(30,31)27(32,33)28(34,35)29(36,37)38/h7-8,15-16,19,21-23H,2-6,9-14,17-18H2,1H3. The number of carbonyl (C=O) groups excluding carboxylic acids is 1. The third-order valence-corrected chi connectivity index (χ3v) is 8.71. The lowest BCUT2D eigenvalue weighted by Crippen LogP contribution is -2.60. The van der Waals surface area contributed by atoms with E-state index in [-0.39, 0.29) is 17.2 Å². The van der Waals surface area contributed by atoms with E-state index in [2.05, 4.69) is 6.92 Å². The second-order valence-electron chi connectivity index (χ2n) is 11.5. The van der Waals surface area contributed by atoms with Crippen molar-refractivity contribution in [3.05, 3.63) is 29.8 Å². The van der Waals surface area contributed by atoms with E-state index >= 15 is 0 Å². The maximum atomic E-state index is 13.8. The number of halogens is 9. The van der Waals surface area contributed by atoms with Gasteiger partial charge in [-0.15, -0.1) is 0 Å². The van der Waals surface area contributed by atoms with Crippen LogP contribution in [-0.2, 0) is 11.2 Å². The monoisotopic (exact) mass is 588 g/mol. The lowest BCUT2D eigenvalue weighted by Gasteiger charge is -2.37. The van der Waals surface area contributed by atoms with Crippen molar-refractivity contribution < 1.29 is 49.0 Å². The Morgan fingerprint density at radius 3 is 1.80 bits per heavy atom. The van der Waals surface area contributed by atoms with Gasteiger partial charge in [-0.2, -0.15) is 39.5 Å². The summed E-state index contributed by atoms with van der Waals surface area (Å²) in [4.78, 5) is 12.7. The van der Waals surface area contributed by atoms with Crippen molar-refractivity contribution in [2.45, 2.75) is 114 Å². The molecule has 0 radical (unpaired) electrons. The normalized spacial score (nSPS) is 25.1. The Morgan fingerprint density at radius 1 is 0.775 bits per heavy atom. The highest BCUT2D eigenvalue weighted by molar-refractivity contribution is 5.75. The number of aryl methyl sites for hydroxylation is 1. The quantitative estimate of drug-likeness (QED) is 0.146. The maximum Gasteiger partial charge on any atom is 0.460 e. The van der Waals surface area contributed by atoms with E-state index in [0.717, 1.165) is 18.8 Å². The Balaban J connectivity index is 1.45. The number of unbranched alkanes of at least 4 members (excludes halogenated alkanes) is 1. The van der Waals surface area contributed by atoms with E-state index in [1.54, 1.807) is 0 Å². The number of rotatable bonds is 11. The Morgan fingerprint density at radius 2 is 1.30 bits per heavy atom. The zero-order chi connectivity index (χ0) is 29.8. The summed E-state index contributed by atoms with van der Waals surface area (Å²) in [6.45, 7) is 2.21. The Labute approximate surface area is 229 Å². The molecule has 0 atom stereocenters. The van der Waals surface area contributed by atoms with Gasteiger partial charge < -0.3 is 4.74 Å². The average molecular weight is 589 g/mol. The Hall–Kier alpha value is -1.94. The molecule has 40 heavy (non-hydrogen) atoms. The lowest BCUT2D eigenvalue weighted by molar-refractivity contribution is -0.396. The summed E-state index contributed by atoms with van der Waals surface area (Å²) in [6, 6.07) is 4.84. The summed E-state index contributed by atoms with van der Waals surface area (Å²) in [7, 11) is 0. The number of hydrogen-bond acceptors (Lipinski definition) is 2. The minimum Gasteiger partial charge on any atom is -0.426 e. The van der Waals surface area contributed by atoms with E-state index in [0.29, 0.717) is 24.7 Å². The molecule has 0 bridgehead atoms. The molecule has 0 spiro atoms. The van der Waals surface area contributed by atoms with Gasteiger partial charge in [0.05, 0.1) is 5.92 Å². The Bertz CT molecular complexity index is 943. The molecule has 228 valence electrons. The van der Waals surface area contributed by atoms with Crippen LogP contribution in [0.25, 0.3) is 0 Å². The van der Waals surface area contributed by atoms with Crippen molar-refractivity contribution in [3.8, 4) is 5.75 Å². The third kappa shape index (κ3) is 7.46. The van der Waals surface area contributed by atoms with Gasteiger partial charge in [0.2, 0.25) is 0 Å². The SMILES string of the molecule is CCCCC1CCC(C2CCC(C(=O)Oc3ccc(CCC(F)(F)C(F)(F)C(F)(F)C(F)(F)F)cc3)CC2)CC1. The minimum atomic E-state index is -6.89. The number of ether oxygens (including phenoxy) is 1. The predicted octanol–water partition coefficient (Wildman–Crippen LogP) is 9.80. The van der Waals surface area contributed by atoms with Gasteiger partial charge in [0, 0.05) is 6.42 Å². The molecule has 0 heterocycles. The molecular formula is C29H37F9O2. The summed E-state index contributed by atoms with van der Waals surface area (Å²) in [5.41, 5.74) is -0.0180. The van der Waals surface area contributed by atoms with Crippen LogP contribution in [0.2, 0.25) is 0 Å². The van der Waals surface area contributed by atoms with Gasteiger partial charge in [-0.3, -0.25) is 4.79 Å². The molecule has 11 heteroatoms. The van der Waals surface area contributed by atoms with Crippen LogP contribution in [0.15, 0.2) is 24.3 Å².